The van der Waals surface area contributed by atoms with E-state index < -0.39 is 0 Å². The molecule has 2 N–H and O–H groups in total. The molecular weight excluding hydrogens is 372 g/mol. The van der Waals surface area contributed by atoms with Gasteiger partial charge in [-0.25, -0.2) is 10.1 Å². The molecule has 0 bridgehead atoms. The second kappa shape index (κ2) is 7.11. The molecular formula is C16H14N6O4S. The summed E-state index contributed by atoms with van der Waals surface area (Å²) in [7, 11) is 0. The van der Waals surface area contributed by atoms with E-state index in [2.05, 4.69) is 32.1 Å². The van der Waals surface area contributed by atoms with E-state index in [1.165, 1.54) is 10.9 Å². The number of fused-ring (bicyclic) bond motifs is 2. The lowest BCUT2D eigenvalue weighted by molar-refractivity contribution is -0.113. The van der Waals surface area contributed by atoms with Gasteiger partial charge in [-0.15, -0.1) is 6.58 Å². The normalized spacial score (nSPS) is 12.3. The molecule has 0 aliphatic carbocycles. The number of aromatic amines is 1. The number of allylic oxidation sites excluding steroid dienone is 1. The van der Waals surface area contributed by atoms with Crippen molar-refractivity contribution in [3.8, 4) is 11.5 Å². The van der Waals surface area contributed by atoms with Gasteiger partial charge in [0.2, 0.25) is 18.6 Å². The van der Waals surface area contributed by atoms with Crippen LogP contribution in [0.2, 0.25) is 0 Å². The molecule has 11 heteroatoms. The van der Waals surface area contributed by atoms with Crippen LogP contribution in [-0.2, 0) is 11.3 Å². The van der Waals surface area contributed by atoms with Crippen LogP contribution in [0.15, 0.2) is 41.1 Å². The fourth-order valence-corrected chi connectivity index (χ4v) is 3.36. The summed E-state index contributed by atoms with van der Waals surface area (Å²) < 4.78 is 12.1. The Morgan fingerprint density at radius 1 is 1.41 bits per heavy atom. The third-order valence-corrected chi connectivity index (χ3v) is 4.71. The lowest BCUT2D eigenvalue weighted by Crippen LogP contribution is -2.24. The molecule has 10 nitrogen and oxygen atoms in total. The number of carbonyl (C=O) groups excluding carboxylic acids is 1. The fourth-order valence-electron chi connectivity index (χ4n) is 2.55. The topological polar surface area (TPSA) is 124 Å². The van der Waals surface area contributed by atoms with Crippen LogP contribution in [0.1, 0.15) is 0 Å². The molecule has 4 rings (SSSR count). The van der Waals surface area contributed by atoms with Crippen molar-refractivity contribution >= 4 is 34.5 Å². The van der Waals surface area contributed by atoms with Gasteiger partial charge >= 0.3 is 0 Å². The third kappa shape index (κ3) is 3.36. The zero-order chi connectivity index (χ0) is 18.8. The maximum atomic E-state index is 12.9. The minimum absolute atomic E-state index is 0.0420. The average Bonchev–Trinajstić information content (AvgIpc) is 3.32. The summed E-state index contributed by atoms with van der Waals surface area (Å²) in [6.07, 6.45) is 2.89. The van der Waals surface area contributed by atoms with Crippen molar-refractivity contribution in [1.29, 1.82) is 0 Å². The minimum atomic E-state index is -0.304. The van der Waals surface area contributed by atoms with Gasteiger partial charge < -0.3 is 9.47 Å². The molecule has 27 heavy (non-hydrogen) atoms. The molecule has 0 spiro atoms. The average molecular weight is 386 g/mol. The SMILES string of the molecule is C=CCn1c(SCC(=O)Nc2ncn[nH]2)nc2cc3c(cc2c1=O)OCO3. The predicted octanol–water partition coefficient (Wildman–Crippen LogP) is 1.16. The van der Waals surface area contributed by atoms with Gasteiger partial charge in [0.1, 0.15) is 6.33 Å². The van der Waals surface area contributed by atoms with Crippen molar-refractivity contribution < 1.29 is 14.3 Å². The standard InChI is InChI=1S/C16H14N6O4S/c1-2-3-22-14(24)9-4-11-12(26-8-25-11)5-10(9)19-16(22)27-6-13(23)20-15-17-7-18-21-15/h2,4-5,7H,1,3,6,8H2,(H2,17,18,20,21,23). The van der Waals surface area contributed by atoms with Crippen molar-refractivity contribution in [1.82, 2.24) is 24.7 Å². The van der Waals surface area contributed by atoms with Gasteiger partial charge in [-0.05, 0) is 6.07 Å². The van der Waals surface area contributed by atoms with Crippen molar-refractivity contribution in [3.63, 3.8) is 0 Å². The van der Waals surface area contributed by atoms with Gasteiger partial charge in [-0.3, -0.25) is 19.5 Å². The number of H-pyrrole nitrogens is 1. The molecule has 0 atom stereocenters. The van der Waals surface area contributed by atoms with Crippen LogP contribution in [-0.4, -0.2) is 43.2 Å². The number of anilines is 1. The van der Waals surface area contributed by atoms with Crippen LogP contribution in [0, 0.1) is 0 Å². The van der Waals surface area contributed by atoms with E-state index >= 15 is 0 Å². The molecule has 0 radical (unpaired) electrons. The molecule has 1 aliphatic rings. The maximum absolute atomic E-state index is 12.9. The van der Waals surface area contributed by atoms with Gasteiger partial charge in [0.25, 0.3) is 5.56 Å². The zero-order valence-electron chi connectivity index (χ0n) is 14.0. The second-order valence-electron chi connectivity index (χ2n) is 5.49. The number of amides is 1. The highest BCUT2D eigenvalue weighted by Crippen LogP contribution is 2.35. The molecule has 1 aromatic carbocycles. The van der Waals surface area contributed by atoms with Gasteiger partial charge in [0.05, 0.1) is 16.7 Å². The minimum Gasteiger partial charge on any atom is -0.454 e. The van der Waals surface area contributed by atoms with Crippen molar-refractivity contribution in [2.45, 2.75) is 11.7 Å². The summed E-state index contributed by atoms with van der Waals surface area (Å²) in [6.45, 7) is 4.05. The summed E-state index contributed by atoms with van der Waals surface area (Å²) >= 11 is 1.14. The first kappa shape index (κ1) is 17.1. The largest absolute Gasteiger partial charge is 0.454 e. The molecule has 3 heterocycles. The van der Waals surface area contributed by atoms with Gasteiger partial charge in [-0.2, -0.15) is 10.1 Å². The van der Waals surface area contributed by atoms with Gasteiger partial charge in [0.15, 0.2) is 16.7 Å². The smallest absolute Gasteiger partial charge is 0.262 e. The Balaban J connectivity index is 1.65. The summed E-state index contributed by atoms with van der Waals surface area (Å²) in [5.41, 5.74) is 0.235. The number of hydrogen-bond donors (Lipinski definition) is 2. The lowest BCUT2D eigenvalue weighted by atomic mass is 10.2. The molecule has 0 saturated carbocycles. The number of benzene rings is 1. The number of nitrogens with zero attached hydrogens (tertiary/aromatic N) is 4. The summed E-state index contributed by atoms with van der Waals surface area (Å²) in [5.74, 6) is 1.04. The molecule has 0 saturated heterocycles. The molecule has 0 fully saturated rings. The number of rotatable bonds is 6. The van der Waals surface area contributed by atoms with E-state index in [-0.39, 0.29) is 36.5 Å². The van der Waals surface area contributed by atoms with E-state index in [1.807, 2.05) is 0 Å². The Kier molecular flexibility index (Phi) is 4.50. The van der Waals surface area contributed by atoms with Gasteiger partial charge in [-0.1, -0.05) is 17.8 Å². The number of aromatic nitrogens is 5. The molecule has 0 unspecified atom stereocenters. The summed E-state index contributed by atoms with van der Waals surface area (Å²) in [4.78, 5) is 33.3. The van der Waals surface area contributed by atoms with Crippen LogP contribution in [0.5, 0.6) is 11.5 Å². The van der Waals surface area contributed by atoms with Crippen molar-refractivity contribution in [2.24, 2.45) is 0 Å². The van der Waals surface area contributed by atoms with Crippen LogP contribution in [0.4, 0.5) is 5.95 Å². The first-order valence-electron chi connectivity index (χ1n) is 7.89. The Hall–Kier alpha value is -3.34. The Morgan fingerprint density at radius 2 is 2.22 bits per heavy atom. The van der Waals surface area contributed by atoms with Crippen LogP contribution >= 0.6 is 11.8 Å². The zero-order valence-corrected chi connectivity index (χ0v) is 14.8. The Labute approximate surface area is 156 Å². The number of thioether (sulfide) groups is 1. The Morgan fingerprint density at radius 3 is 2.96 bits per heavy atom. The number of nitrogens with one attached hydrogen (secondary N) is 2. The van der Waals surface area contributed by atoms with Crippen LogP contribution in [0.3, 0.4) is 0 Å². The second-order valence-corrected chi connectivity index (χ2v) is 6.43. The van der Waals surface area contributed by atoms with Crippen LogP contribution in [0.25, 0.3) is 10.9 Å². The Bertz CT molecular complexity index is 1080. The molecule has 1 aliphatic heterocycles. The lowest BCUT2D eigenvalue weighted by Gasteiger charge is -2.11. The molecule has 3 aromatic rings. The number of ether oxygens (including phenoxy) is 2. The third-order valence-electron chi connectivity index (χ3n) is 3.73. The predicted molar refractivity (Wildman–Crippen MR) is 98.1 cm³/mol. The van der Waals surface area contributed by atoms with E-state index in [4.69, 9.17) is 9.47 Å². The van der Waals surface area contributed by atoms with Crippen molar-refractivity contribution in [2.75, 3.05) is 17.9 Å². The highest BCUT2D eigenvalue weighted by Gasteiger charge is 2.19. The number of carbonyl (C=O) groups is 1. The number of hydrogen-bond acceptors (Lipinski definition) is 8. The highest BCUT2D eigenvalue weighted by molar-refractivity contribution is 7.99. The molecule has 138 valence electrons. The highest BCUT2D eigenvalue weighted by atomic mass is 32.2. The summed E-state index contributed by atoms with van der Waals surface area (Å²) in [5, 5.41) is 9.58. The molecule has 2 aromatic heterocycles. The van der Waals surface area contributed by atoms with E-state index in [0.717, 1.165) is 11.8 Å². The van der Waals surface area contributed by atoms with Crippen molar-refractivity contribution in [3.05, 3.63) is 41.5 Å². The van der Waals surface area contributed by atoms with Gasteiger partial charge in [0, 0.05) is 12.6 Å². The monoisotopic (exact) mass is 386 g/mol. The first-order chi connectivity index (χ1) is 13.2. The van der Waals surface area contributed by atoms with Crippen LogP contribution < -0.4 is 20.3 Å². The van der Waals surface area contributed by atoms with E-state index in [0.29, 0.717) is 27.6 Å². The first-order valence-corrected chi connectivity index (χ1v) is 8.87. The van der Waals surface area contributed by atoms with E-state index in [9.17, 15) is 9.59 Å². The fraction of sp³-hybridized carbons (Fsp3) is 0.188. The summed E-state index contributed by atoms with van der Waals surface area (Å²) in [6, 6.07) is 3.29. The molecule has 1 amide bonds. The maximum Gasteiger partial charge on any atom is 0.262 e. The quantitative estimate of drug-likeness (QED) is 0.367. The van der Waals surface area contributed by atoms with E-state index in [1.54, 1.807) is 18.2 Å².